The molecule has 0 radical (unpaired) electrons. The van der Waals surface area contributed by atoms with Crippen molar-refractivity contribution in [2.24, 2.45) is 0 Å². The van der Waals surface area contributed by atoms with Crippen molar-refractivity contribution in [3.05, 3.63) is 45.0 Å². The second-order valence-corrected chi connectivity index (χ2v) is 6.98. The summed E-state index contributed by atoms with van der Waals surface area (Å²) in [6.07, 6.45) is 1.73. The molecular formula is C14H8Cl3N3O2S. The standard InChI is InChI=1S/C14H8Cl3N3O2S/c15-8-3-10(17)13-18-19-14(20(13)4-8)23-5-7-1-9(16)12-11(2-7)21-6-22-12/h1-4H,5-6H2. The predicted molar refractivity (Wildman–Crippen MR) is 90.1 cm³/mol. The number of pyridine rings is 1. The van der Waals surface area contributed by atoms with Gasteiger partial charge in [-0.2, -0.15) is 0 Å². The van der Waals surface area contributed by atoms with Gasteiger partial charge in [0.2, 0.25) is 6.79 Å². The molecule has 2 aromatic heterocycles. The van der Waals surface area contributed by atoms with Crippen LogP contribution in [-0.2, 0) is 5.75 Å². The van der Waals surface area contributed by atoms with Gasteiger partial charge in [-0.05, 0) is 23.8 Å². The Bertz CT molecular complexity index is 916. The van der Waals surface area contributed by atoms with Crippen LogP contribution in [0.3, 0.4) is 0 Å². The number of aromatic nitrogens is 3. The number of ether oxygens (including phenoxy) is 2. The fourth-order valence-corrected chi connectivity index (χ4v) is 3.89. The van der Waals surface area contributed by atoms with Crippen molar-refractivity contribution in [2.45, 2.75) is 10.9 Å². The van der Waals surface area contributed by atoms with E-state index in [2.05, 4.69) is 10.2 Å². The zero-order chi connectivity index (χ0) is 16.0. The monoisotopic (exact) mass is 387 g/mol. The summed E-state index contributed by atoms with van der Waals surface area (Å²) in [6.45, 7) is 0.192. The van der Waals surface area contributed by atoms with E-state index < -0.39 is 0 Å². The van der Waals surface area contributed by atoms with Crippen LogP contribution in [0.4, 0.5) is 0 Å². The molecule has 0 unspecified atom stereocenters. The van der Waals surface area contributed by atoms with Gasteiger partial charge in [0.1, 0.15) is 0 Å². The van der Waals surface area contributed by atoms with Crippen LogP contribution >= 0.6 is 46.6 Å². The maximum atomic E-state index is 6.19. The van der Waals surface area contributed by atoms with Gasteiger partial charge in [0.25, 0.3) is 0 Å². The Morgan fingerprint density at radius 2 is 1.96 bits per heavy atom. The zero-order valence-corrected chi connectivity index (χ0v) is 14.5. The predicted octanol–water partition coefficient (Wildman–Crippen LogP) is 4.71. The molecule has 0 saturated carbocycles. The first kappa shape index (κ1) is 15.2. The van der Waals surface area contributed by atoms with Crippen molar-refractivity contribution in [1.82, 2.24) is 14.6 Å². The highest BCUT2D eigenvalue weighted by molar-refractivity contribution is 7.98. The summed E-state index contributed by atoms with van der Waals surface area (Å²) in [6, 6.07) is 5.40. The van der Waals surface area contributed by atoms with Crippen LogP contribution in [0, 0.1) is 0 Å². The van der Waals surface area contributed by atoms with Gasteiger partial charge in [0.05, 0.1) is 15.1 Å². The quantitative estimate of drug-likeness (QED) is 0.608. The fourth-order valence-electron chi connectivity index (χ4n) is 2.25. The summed E-state index contributed by atoms with van der Waals surface area (Å²) in [5.41, 5.74) is 1.57. The lowest BCUT2D eigenvalue weighted by molar-refractivity contribution is 0.174. The van der Waals surface area contributed by atoms with E-state index in [1.807, 2.05) is 12.1 Å². The average molecular weight is 389 g/mol. The molecule has 1 aromatic carbocycles. The number of benzene rings is 1. The molecule has 9 heteroatoms. The summed E-state index contributed by atoms with van der Waals surface area (Å²) in [4.78, 5) is 0. The topological polar surface area (TPSA) is 48.7 Å². The summed E-state index contributed by atoms with van der Waals surface area (Å²) in [5, 5.41) is 10.4. The molecule has 0 N–H and O–H groups in total. The van der Waals surface area contributed by atoms with Gasteiger partial charge in [0.15, 0.2) is 22.3 Å². The molecule has 0 bridgehead atoms. The third-order valence-electron chi connectivity index (χ3n) is 3.25. The highest BCUT2D eigenvalue weighted by atomic mass is 35.5. The lowest BCUT2D eigenvalue weighted by atomic mass is 10.2. The van der Waals surface area contributed by atoms with Crippen molar-refractivity contribution < 1.29 is 9.47 Å². The van der Waals surface area contributed by atoms with Crippen molar-refractivity contribution in [3.8, 4) is 11.5 Å². The van der Waals surface area contributed by atoms with E-state index in [9.17, 15) is 0 Å². The minimum atomic E-state index is 0.192. The van der Waals surface area contributed by atoms with Gasteiger partial charge in [0, 0.05) is 11.9 Å². The van der Waals surface area contributed by atoms with Crippen LogP contribution < -0.4 is 9.47 Å². The van der Waals surface area contributed by atoms with Crippen molar-refractivity contribution in [2.75, 3.05) is 6.79 Å². The molecule has 0 saturated heterocycles. The Labute approximate surface area is 150 Å². The molecule has 0 fully saturated rings. The smallest absolute Gasteiger partial charge is 0.231 e. The molecule has 3 aromatic rings. The van der Waals surface area contributed by atoms with Gasteiger partial charge >= 0.3 is 0 Å². The molecule has 23 heavy (non-hydrogen) atoms. The van der Waals surface area contributed by atoms with Crippen molar-refractivity contribution in [3.63, 3.8) is 0 Å². The van der Waals surface area contributed by atoms with Crippen LogP contribution in [0.2, 0.25) is 15.1 Å². The van der Waals surface area contributed by atoms with Gasteiger partial charge < -0.3 is 9.47 Å². The Hall–Kier alpha value is -1.34. The van der Waals surface area contributed by atoms with E-state index in [-0.39, 0.29) is 6.79 Å². The normalized spacial score (nSPS) is 13.0. The minimum absolute atomic E-state index is 0.192. The minimum Gasteiger partial charge on any atom is -0.454 e. The van der Waals surface area contributed by atoms with Crippen molar-refractivity contribution in [1.29, 1.82) is 0 Å². The molecule has 0 amide bonds. The molecule has 4 rings (SSSR count). The number of halogens is 3. The third kappa shape index (κ3) is 2.80. The largest absolute Gasteiger partial charge is 0.454 e. The van der Waals surface area contributed by atoms with Crippen LogP contribution in [0.15, 0.2) is 29.6 Å². The van der Waals surface area contributed by atoms with Gasteiger partial charge in [-0.15, -0.1) is 10.2 Å². The van der Waals surface area contributed by atoms with Crippen LogP contribution in [0.5, 0.6) is 11.5 Å². The number of nitrogens with zero attached hydrogens (tertiary/aromatic N) is 3. The SMILES string of the molecule is Clc1cc(Cl)c2nnc(SCc3cc(Cl)c4c(c3)OCO4)n2c1. The Kier molecular flexibility index (Phi) is 3.93. The Morgan fingerprint density at radius 3 is 2.83 bits per heavy atom. The second kappa shape index (κ2) is 5.94. The molecular weight excluding hydrogens is 381 g/mol. The number of thioether (sulfide) groups is 1. The molecule has 3 heterocycles. The number of fused-ring (bicyclic) bond motifs is 2. The van der Waals surface area contributed by atoms with E-state index in [4.69, 9.17) is 44.3 Å². The fraction of sp³-hybridized carbons (Fsp3) is 0.143. The maximum absolute atomic E-state index is 6.19. The van der Waals surface area contributed by atoms with Crippen LogP contribution in [0.1, 0.15) is 5.56 Å². The van der Waals surface area contributed by atoms with Crippen molar-refractivity contribution >= 4 is 52.2 Å². The maximum Gasteiger partial charge on any atom is 0.231 e. The van der Waals surface area contributed by atoms with E-state index in [0.717, 1.165) is 5.56 Å². The summed E-state index contributed by atoms with van der Waals surface area (Å²) in [7, 11) is 0. The summed E-state index contributed by atoms with van der Waals surface area (Å²) in [5.74, 6) is 1.89. The van der Waals surface area contributed by atoms with E-state index in [1.54, 1.807) is 16.7 Å². The first-order chi connectivity index (χ1) is 11.1. The van der Waals surface area contributed by atoms with Crippen LogP contribution in [0.25, 0.3) is 5.65 Å². The highest BCUT2D eigenvalue weighted by Crippen LogP contribution is 2.40. The van der Waals surface area contributed by atoms with Crippen LogP contribution in [-0.4, -0.2) is 21.4 Å². The van der Waals surface area contributed by atoms with E-state index in [0.29, 0.717) is 43.1 Å². The number of hydrogen-bond acceptors (Lipinski definition) is 5. The third-order valence-corrected chi connectivity index (χ3v) is 5.03. The van der Waals surface area contributed by atoms with Gasteiger partial charge in [-0.1, -0.05) is 46.6 Å². The molecule has 1 aliphatic heterocycles. The zero-order valence-electron chi connectivity index (χ0n) is 11.4. The van der Waals surface area contributed by atoms with Gasteiger partial charge in [-0.25, -0.2) is 0 Å². The molecule has 1 aliphatic rings. The summed E-state index contributed by atoms with van der Waals surface area (Å²) >= 11 is 19.8. The second-order valence-electron chi connectivity index (χ2n) is 4.78. The molecule has 118 valence electrons. The average Bonchev–Trinajstić information content (AvgIpc) is 3.12. The van der Waals surface area contributed by atoms with Gasteiger partial charge in [-0.3, -0.25) is 4.40 Å². The lowest BCUT2D eigenvalue weighted by Gasteiger charge is -2.05. The highest BCUT2D eigenvalue weighted by Gasteiger charge is 2.19. The lowest BCUT2D eigenvalue weighted by Crippen LogP contribution is -1.93. The molecule has 0 spiro atoms. The Morgan fingerprint density at radius 1 is 1.09 bits per heavy atom. The summed E-state index contributed by atoms with van der Waals surface area (Å²) < 4.78 is 12.4. The molecule has 0 aliphatic carbocycles. The number of rotatable bonds is 3. The Balaban J connectivity index is 1.61. The first-order valence-corrected chi connectivity index (χ1v) is 8.64. The first-order valence-electron chi connectivity index (χ1n) is 6.52. The molecule has 5 nitrogen and oxygen atoms in total. The van der Waals surface area contributed by atoms with E-state index in [1.165, 1.54) is 11.8 Å². The van der Waals surface area contributed by atoms with E-state index >= 15 is 0 Å². The molecule has 0 atom stereocenters. The number of hydrogen-bond donors (Lipinski definition) is 0.